The van der Waals surface area contributed by atoms with Crippen LogP contribution in [0.1, 0.15) is 5.82 Å². The standard InChI is InChI=1S/C9H7N5/c1-6-12-13-9-8-7(3-2-4-10-8)5-11-14(6)9/h2-5H,1H3. The number of aromatic nitrogens is 5. The predicted octanol–water partition coefficient (Wildman–Crippen LogP) is 0.981. The monoisotopic (exact) mass is 185 g/mol. The van der Waals surface area contributed by atoms with Gasteiger partial charge in [0, 0.05) is 11.6 Å². The summed E-state index contributed by atoms with van der Waals surface area (Å²) in [5, 5.41) is 13.2. The number of hydrogen-bond acceptors (Lipinski definition) is 4. The Hall–Kier alpha value is -2.04. The van der Waals surface area contributed by atoms with E-state index in [1.165, 1.54) is 0 Å². The maximum Gasteiger partial charge on any atom is 0.204 e. The van der Waals surface area contributed by atoms with Crippen molar-refractivity contribution < 1.29 is 0 Å². The van der Waals surface area contributed by atoms with E-state index in [1.54, 1.807) is 16.9 Å². The van der Waals surface area contributed by atoms with Crippen LogP contribution < -0.4 is 0 Å². The third kappa shape index (κ3) is 0.834. The minimum Gasteiger partial charge on any atom is -0.252 e. The lowest BCUT2D eigenvalue weighted by atomic mass is 10.3. The molecule has 0 aliphatic heterocycles. The Bertz CT molecular complexity index is 613. The predicted molar refractivity (Wildman–Crippen MR) is 50.8 cm³/mol. The molecule has 0 bridgehead atoms. The second-order valence-corrected chi connectivity index (χ2v) is 3.07. The molecule has 0 atom stereocenters. The van der Waals surface area contributed by atoms with Crippen molar-refractivity contribution in [3.8, 4) is 0 Å². The Kier molecular flexibility index (Phi) is 1.30. The van der Waals surface area contributed by atoms with Gasteiger partial charge in [-0.2, -0.15) is 9.61 Å². The number of pyridine rings is 1. The fourth-order valence-corrected chi connectivity index (χ4v) is 1.47. The van der Waals surface area contributed by atoms with Crippen LogP contribution >= 0.6 is 0 Å². The second-order valence-electron chi connectivity index (χ2n) is 3.07. The van der Waals surface area contributed by atoms with E-state index in [-0.39, 0.29) is 0 Å². The van der Waals surface area contributed by atoms with E-state index in [1.807, 2.05) is 19.1 Å². The van der Waals surface area contributed by atoms with Crippen LogP contribution in [0.5, 0.6) is 0 Å². The fraction of sp³-hybridized carbons (Fsp3) is 0.111. The summed E-state index contributed by atoms with van der Waals surface area (Å²) in [7, 11) is 0. The summed E-state index contributed by atoms with van der Waals surface area (Å²) in [6, 6.07) is 3.84. The van der Waals surface area contributed by atoms with Gasteiger partial charge in [-0.25, -0.2) is 0 Å². The van der Waals surface area contributed by atoms with E-state index < -0.39 is 0 Å². The molecular weight excluding hydrogens is 178 g/mol. The minimum absolute atomic E-state index is 0.709. The van der Waals surface area contributed by atoms with Crippen molar-refractivity contribution >= 4 is 16.6 Å². The van der Waals surface area contributed by atoms with Crippen LogP contribution in [0, 0.1) is 6.92 Å². The molecule has 0 aliphatic rings. The molecule has 0 spiro atoms. The van der Waals surface area contributed by atoms with Crippen LogP contribution in [0.25, 0.3) is 16.6 Å². The molecule has 3 rings (SSSR count). The van der Waals surface area contributed by atoms with Gasteiger partial charge in [0.25, 0.3) is 0 Å². The van der Waals surface area contributed by atoms with Gasteiger partial charge in [0.1, 0.15) is 5.52 Å². The molecule has 0 saturated carbocycles. The molecule has 0 N–H and O–H groups in total. The van der Waals surface area contributed by atoms with Crippen LogP contribution in [-0.2, 0) is 0 Å². The topological polar surface area (TPSA) is 56.0 Å². The van der Waals surface area contributed by atoms with Crippen LogP contribution in [0.2, 0.25) is 0 Å². The Morgan fingerprint density at radius 1 is 1.29 bits per heavy atom. The van der Waals surface area contributed by atoms with E-state index in [9.17, 15) is 0 Å². The molecule has 0 unspecified atom stereocenters. The summed E-state index contributed by atoms with van der Waals surface area (Å²) >= 11 is 0. The molecule has 0 amide bonds. The smallest absolute Gasteiger partial charge is 0.204 e. The fourth-order valence-electron chi connectivity index (χ4n) is 1.47. The van der Waals surface area contributed by atoms with Gasteiger partial charge in [-0.05, 0) is 19.1 Å². The summed E-state index contributed by atoms with van der Waals surface area (Å²) < 4.78 is 1.69. The zero-order chi connectivity index (χ0) is 9.54. The summed E-state index contributed by atoms with van der Waals surface area (Å²) in [4.78, 5) is 4.26. The molecule has 5 nitrogen and oxygen atoms in total. The maximum absolute atomic E-state index is 4.26. The molecule has 0 aromatic carbocycles. The third-order valence-corrected chi connectivity index (χ3v) is 2.16. The molecule has 3 heterocycles. The molecule has 14 heavy (non-hydrogen) atoms. The average molecular weight is 185 g/mol. The van der Waals surface area contributed by atoms with Gasteiger partial charge in [0.2, 0.25) is 5.65 Å². The van der Waals surface area contributed by atoms with Crippen molar-refractivity contribution in [2.75, 3.05) is 0 Å². The van der Waals surface area contributed by atoms with Crippen LogP contribution in [0.3, 0.4) is 0 Å². The van der Waals surface area contributed by atoms with E-state index in [4.69, 9.17) is 0 Å². The highest BCUT2D eigenvalue weighted by molar-refractivity contribution is 5.88. The first-order valence-electron chi connectivity index (χ1n) is 4.28. The van der Waals surface area contributed by atoms with Crippen LogP contribution in [0.4, 0.5) is 0 Å². The van der Waals surface area contributed by atoms with Gasteiger partial charge >= 0.3 is 0 Å². The van der Waals surface area contributed by atoms with Crippen LogP contribution in [0.15, 0.2) is 24.5 Å². The van der Waals surface area contributed by atoms with Crippen LogP contribution in [-0.4, -0.2) is 24.8 Å². The lowest BCUT2D eigenvalue weighted by molar-refractivity contribution is 0.880. The Morgan fingerprint density at radius 2 is 2.21 bits per heavy atom. The van der Waals surface area contributed by atoms with E-state index in [2.05, 4.69) is 20.3 Å². The third-order valence-electron chi connectivity index (χ3n) is 2.16. The summed E-state index contributed by atoms with van der Waals surface area (Å²) in [6.45, 7) is 1.86. The molecule has 5 heteroatoms. The first-order chi connectivity index (χ1) is 6.86. The van der Waals surface area contributed by atoms with Gasteiger partial charge in [-0.3, -0.25) is 4.98 Å². The summed E-state index contributed by atoms with van der Waals surface area (Å²) in [6.07, 6.45) is 3.51. The molecule has 3 aromatic heterocycles. The Morgan fingerprint density at radius 3 is 3.14 bits per heavy atom. The molecule has 0 saturated heterocycles. The highest BCUT2D eigenvalue weighted by Crippen LogP contribution is 2.13. The first-order valence-corrected chi connectivity index (χ1v) is 4.28. The molecule has 3 aromatic rings. The zero-order valence-electron chi connectivity index (χ0n) is 7.55. The zero-order valence-corrected chi connectivity index (χ0v) is 7.55. The molecule has 0 radical (unpaired) electrons. The lowest BCUT2D eigenvalue weighted by Gasteiger charge is -1.97. The van der Waals surface area contributed by atoms with Crippen molar-refractivity contribution in [1.29, 1.82) is 0 Å². The lowest BCUT2D eigenvalue weighted by Crippen LogP contribution is -1.95. The summed E-state index contributed by atoms with van der Waals surface area (Å²) in [5.74, 6) is 0.771. The van der Waals surface area contributed by atoms with E-state index >= 15 is 0 Å². The minimum atomic E-state index is 0.709. The van der Waals surface area contributed by atoms with Crippen molar-refractivity contribution in [3.05, 3.63) is 30.4 Å². The first kappa shape index (κ1) is 7.37. The highest BCUT2D eigenvalue weighted by Gasteiger charge is 2.06. The van der Waals surface area contributed by atoms with Gasteiger partial charge in [0.05, 0.1) is 6.20 Å². The molecule has 0 fully saturated rings. The van der Waals surface area contributed by atoms with Gasteiger partial charge in [-0.1, -0.05) is 0 Å². The molecule has 68 valence electrons. The number of fused-ring (bicyclic) bond motifs is 3. The second kappa shape index (κ2) is 2.47. The molecular formula is C9H7N5. The SMILES string of the molecule is Cc1nnc2c3ncccc3cnn12. The van der Waals surface area contributed by atoms with E-state index in [0.717, 1.165) is 16.7 Å². The molecule has 0 aliphatic carbocycles. The highest BCUT2D eigenvalue weighted by atomic mass is 15.4. The largest absolute Gasteiger partial charge is 0.252 e. The van der Waals surface area contributed by atoms with Gasteiger partial charge < -0.3 is 0 Å². The summed E-state index contributed by atoms with van der Waals surface area (Å²) in [5.41, 5.74) is 1.55. The van der Waals surface area contributed by atoms with E-state index in [0.29, 0.717) is 5.65 Å². The quantitative estimate of drug-likeness (QED) is 0.524. The van der Waals surface area contributed by atoms with Gasteiger partial charge in [0.15, 0.2) is 5.82 Å². The number of nitrogens with zero attached hydrogens (tertiary/aromatic N) is 5. The average Bonchev–Trinajstić information content (AvgIpc) is 2.61. The van der Waals surface area contributed by atoms with Crippen molar-refractivity contribution in [1.82, 2.24) is 24.8 Å². The van der Waals surface area contributed by atoms with Crippen molar-refractivity contribution in [3.63, 3.8) is 0 Å². The Labute approximate surface area is 79.4 Å². The number of aryl methyl sites for hydroxylation is 1. The maximum atomic E-state index is 4.26. The van der Waals surface area contributed by atoms with Crippen molar-refractivity contribution in [2.45, 2.75) is 6.92 Å². The normalized spacial score (nSPS) is 11.2. The van der Waals surface area contributed by atoms with Gasteiger partial charge in [-0.15, -0.1) is 10.2 Å². The number of hydrogen-bond donors (Lipinski definition) is 0. The van der Waals surface area contributed by atoms with Crippen molar-refractivity contribution in [2.24, 2.45) is 0 Å². The Balaban J connectivity index is 2.61. The number of rotatable bonds is 0.